The molecular weight excluding hydrogens is 263 g/mol. The standard InChI is InChI=1S/C14H17FN2O3/c15-11-5-2-1-4-10(11)14(7-8-14)17-13(20)16-9-3-6-12(18)19/h1-2,4-5H,3,6-9H2,(H,18,19)(H2,16,17,20). The minimum atomic E-state index is -0.891. The third kappa shape index (κ3) is 3.46. The Hall–Kier alpha value is -2.11. The maximum Gasteiger partial charge on any atom is 0.315 e. The third-order valence-electron chi connectivity index (χ3n) is 3.35. The monoisotopic (exact) mass is 280 g/mol. The van der Waals surface area contributed by atoms with E-state index in [4.69, 9.17) is 5.11 Å². The van der Waals surface area contributed by atoms with Gasteiger partial charge >= 0.3 is 12.0 Å². The number of hydrogen-bond acceptors (Lipinski definition) is 2. The Labute approximate surface area is 116 Å². The molecule has 2 rings (SSSR count). The molecule has 0 radical (unpaired) electrons. The summed E-state index contributed by atoms with van der Waals surface area (Å²) in [6, 6.07) is 6.01. The summed E-state index contributed by atoms with van der Waals surface area (Å²) in [6.45, 7) is 0.283. The van der Waals surface area contributed by atoms with E-state index >= 15 is 0 Å². The van der Waals surface area contributed by atoms with Crippen molar-refractivity contribution in [2.75, 3.05) is 6.54 Å². The van der Waals surface area contributed by atoms with E-state index in [1.807, 2.05) is 0 Å². The largest absolute Gasteiger partial charge is 0.481 e. The summed E-state index contributed by atoms with van der Waals surface area (Å²) in [7, 11) is 0. The van der Waals surface area contributed by atoms with Crippen LogP contribution in [0.3, 0.4) is 0 Å². The number of aliphatic carboxylic acids is 1. The average Bonchev–Trinajstić information content (AvgIpc) is 3.15. The van der Waals surface area contributed by atoms with E-state index in [0.29, 0.717) is 24.8 Å². The summed E-state index contributed by atoms with van der Waals surface area (Å²) in [5.41, 5.74) is -0.108. The van der Waals surface area contributed by atoms with E-state index in [0.717, 1.165) is 0 Å². The van der Waals surface area contributed by atoms with Crippen molar-refractivity contribution in [1.29, 1.82) is 0 Å². The molecule has 0 aromatic heterocycles. The molecular formula is C14H17FN2O3. The lowest BCUT2D eigenvalue weighted by Crippen LogP contribution is -2.43. The van der Waals surface area contributed by atoms with Gasteiger partial charge in [-0.2, -0.15) is 0 Å². The van der Waals surface area contributed by atoms with Gasteiger partial charge < -0.3 is 15.7 Å². The first-order chi connectivity index (χ1) is 9.53. The first-order valence-corrected chi connectivity index (χ1v) is 6.56. The number of carbonyl (C=O) groups excluding carboxylic acids is 1. The summed E-state index contributed by atoms with van der Waals surface area (Å²) < 4.78 is 13.7. The summed E-state index contributed by atoms with van der Waals surface area (Å²) in [4.78, 5) is 22.1. The number of carboxylic acid groups (broad SMARTS) is 1. The van der Waals surface area contributed by atoms with Gasteiger partial charge in [0.2, 0.25) is 0 Å². The fourth-order valence-corrected chi connectivity index (χ4v) is 2.14. The zero-order valence-corrected chi connectivity index (χ0v) is 11.0. The van der Waals surface area contributed by atoms with Crippen LogP contribution in [-0.4, -0.2) is 23.7 Å². The lowest BCUT2D eigenvalue weighted by molar-refractivity contribution is -0.137. The van der Waals surface area contributed by atoms with Gasteiger partial charge in [0.1, 0.15) is 5.82 Å². The first kappa shape index (κ1) is 14.3. The topological polar surface area (TPSA) is 78.4 Å². The highest BCUT2D eigenvalue weighted by Crippen LogP contribution is 2.46. The molecule has 0 bridgehead atoms. The molecule has 1 aromatic rings. The van der Waals surface area contributed by atoms with Gasteiger partial charge in [-0.15, -0.1) is 0 Å². The molecule has 6 heteroatoms. The van der Waals surface area contributed by atoms with Crippen LogP contribution in [0.5, 0.6) is 0 Å². The van der Waals surface area contributed by atoms with E-state index in [-0.39, 0.29) is 18.8 Å². The molecule has 20 heavy (non-hydrogen) atoms. The Kier molecular flexibility index (Phi) is 4.22. The van der Waals surface area contributed by atoms with Gasteiger partial charge in [0.15, 0.2) is 0 Å². The van der Waals surface area contributed by atoms with Crippen LogP contribution in [0.1, 0.15) is 31.2 Å². The lowest BCUT2D eigenvalue weighted by Gasteiger charge is -2.19. The molecule has 0 unspecified atom stereocenters. The molecule has 1 saturated carbocycles. The van der Waals surface area contributed by atoms with Gasteiger partial charge in [0, 0.05) is 18.5 Å². The van der Waals surface area contributed by atoms with Crippen LogP contribution in [0.15, 0.2) is 24.3 Å². The van der Waals surface area contributed by atoms with Crippen molar-refractivity contribution in [1.82, 2.24) is 10.6 Å². The normalized spacial score (nSPS) is 15.4. The average molecular weight is 280 g/mol. The number of carboxylic acids is 1. The van der Waals surface area contributed by atoms with Crippen molar-refractivity contribution in [2.24, 2.45) is 0 Å². The van der Waals surface area contributed by atoms with Crippen molar-refractivity contribution in [3.05, 3.63) is 35.6 Å². The molecule has 108 valence electrons. The summed E-state index contributed by atoms with van der Waals surface area (Å²) in [6.07, 6.45) is 1.79. The van der Waals surface area contributed by atoms with E-state index in [2.05, 4.69) is 10.6 Å². The highest BCUT2D eigenvalue weighted by atomic mass is 19.1. The molecule has 1 aliphatic rings. The number of halogens is 1. The van der Waals surface area contributed by atoms with Crippen LogP contribution in [0.2, 0.25) is 0 Å². The molecule has 1 fully saturated rings. The Morgan fingerprint density at radius 2 is 2.00 bits per heavy atom. The minimum Gasteiger partial charge on any atom is -0.481 e. The van der Waals surface area contributed by atoms with Crippen LogP contribution < -0.4 is 10.6 Å². The first-order valence-electron chi connectivity index (χ1n) is 6.56. The van der Waals surface area contributed by atoms with Gasteiger partial charge in [-0.25, -0.2) is 9.18 Å². The number of benzene rings is 1. The highest BCUT2D eigenvalue weighted by molar-refractivity contribution is 5.75. The maximum absolute atomic E-state index is 13.7. The van der Waals surface area contributed by atoms with E-state index in [1.165, 1.54) is 6.07 Å². The van der Waals surface area contributed by atoms with Gasteiger partial charge in [-0.3, -0.25) is 4.79 Å². The number of rotatable bonds is 6. The van der Waals surface area contributed by atoms with E-state index in [9.17, 15) is 14.0 Å². The van der Waals surface area contributed by atoms with E-state index < -0.39 is 17.5 Å². The fraction of sp³-hybridized carbons (Fsp3) is 0.429. The summed E-state index contributed by atoms with van der Waals surface area (Å²) >= 11 is 0. The second-order valence-corrected chi connectivity index (χ2v) is 4.94. The van der Waals surface area contributed by atoms with Crippen molar-refractivity contribution in [3.63, 3.8) is 0 Å². The second-order valence-electron chi connectivity index (χ2n) is 4.94. The van der Waals surface area contributed by atoms with Crippen molar-refractivity contribution < 1.29 is 19.1 Å². The Morgan fingerprint density at radius 3 is 2.60 bits per heavy atom. The molecule has 0 heterocycles. The second kappa shape index (κ2) is 5.90. The molecule has 1 aromatic carbocycles. The predicted octanol–water partition coefficient (Wildman–Crippen LogP) is 1.98. The quantitative estimate of drug-likeness (QED) is 0.697. The van der Waals surface area contributed by atoms with Gasteiger partial charge in [-0.05, 0) is 25.3 Å². The third-order valence-corrected chi connectivity index (χ3v) is 3.35. The molecule has 2 amide bonds. The fourth-order valence-electron chi connectivity index (χ4n) is 2.14. The van der Waals surface area contributed by atoms with Crippen LogP contribution in [-0.2, 0) is 10.3 Å². The van der Waals surface area contributed by atoms with Crippen molar-refractivity contribution in [3.8, 4) is 0 Å². The zero-order chi connectivity index (χ0) is 14.6. The number of nitrogens with one attached hydrogen (secondary N) is 2. The molecule has 0 saturated heterocycles. The molecule has 0 spiro atoms. The molecule has 0 atom stereocenters. The summed E-state index contributed by atoms with van der Waals surface area (Å²) in [5.74, 6) is -1.21. The van der Waals surface area contributed by atoms with Crippen LogP contribution in [0.25, 0.3) is 0 Å². The van der Waals surface area contributed by atoms with Crippen molar-refractivity contribution in [2.45, 2.75) is 31.2 Å². The molecule has 1 aliphatic carbocycles. The van der Waals surface area contributed by atoms with Gasteiger partial charge in [-0.1, -0.05) is 18.2 Å². The van der Waals surface area contributed by atoms with Crippen LogP contribution in [0, 0.1) is 5.82 Å². The van der Waals surface area contributed by atoms with Gasteiger partial charge in [0.25, 0.3) is 0 Å². The van der Waals surface area contributed by atoms with Gasteiger partial charge in [0.05, 0.1) is 5.54 Å². The number of amides is 2. The lowest BCUT2D eigenvalue weighted by atomic mass is 10.0. The predicted molar refractivity (Wildman–Crippen MR) is 70.7 cm³/mol. The SMILES string of the molecule is O=C(O)CCCNC(=O)NC1(c2ccccc2F)CC1. The maximum atomic E-state index is 13.7. The van der Waals surface area contributed by atoms with E-state index in [1.54, 1.807) is 18.2 Å². The smallest absolute Gasteiger partial charge is 0.315 e. The molecule has 3 N–H and O–H groups in total. The van der Waals surface area contributed by atoms with Crippen molar-refractivity contribution >= 4 is 12.0 Å². The van der Waals surface area contributed by atoms with Crippen LogP contribution >= 0.6 is 0 Å². The zero-order valence-electron chi connectivity index (χ0n) is 11.0. The Bertz CT molecular complexity index is 515. The highest BCUT2D eigenvalue weighted by Gasteiger charge is 2.47. The Morgan fingerprint density at radius 1 is 1.30 bits per heavy atom. The molecule has 0 aliphatic heterocycles. The summed E-state index contributed by atoms with van der Waals surface area (Å²) in [5, 5.41) is 13.8. The number of carbonyl (C=O) groups is 2. The molecule has 5 nitrogen and oxygen atoms in total. The number of urea groups is 1. The minimum absolute atomic E-state index is 0.0126. The number of hydrogen-bond donors (Lipinski definition) is 3. The van der Waals surface area contributed by atoms with Crippen LogP contribution in [0.4, 0.5) is 9.18 Å². The Balaban J connectivity index is 1.85.